The zero-order chi connectivity index (χ0) is 21.9. The first kappa shape index (κ1) is 22.6. The number of benzene rings is 2. The fourth-order valence-electron chi connectivity index (χ4n) is 3.50. The van der Waals surface area contributed by atoms with Gasteiger partial charge in [0.2, 0.25) is 10.0 Å². The van der Waals surface area contributed by atoms with Crippen molar-refractivity contribution in [3.8, 4) is 11.5 Å². The van der Waals surface area contributed by atoms with Crippen LogP contribution < -0.4 is 9.47 Å². The van der Waals surface area contributed by atoms with Crippen LogP contribution in [0.3, 0.4) is 0 Å². The van der Waals surface area contributed by atoms with E-state index in [4.69, 9.17) is 14.3 Å². The second-order valence-corrected chi connectivity index (χ2v) is 9.88. The van der Waals surface area contributed by atoms with E-state index < -0.39 is 21.3 Å². The minimum Gasteiger partial charge on any atom is -0.493 e. The first-order valence-corrected chi connectivity index (χ1v) is 11.4. The number of rotatable bonds is 8. The lowest BCUT2D eigenvalue weighted by Crippen LogP contribution is -2.43. The number of nitrogens with zero attached hydrogens (tertiary/aromatic N) is 2. The van der Waals surface area contributed by atoms with Crippen molar-refractivity contribution in [3.63, 3.8) is 0 Å². The highest BCUT2D eigenvalue weighted by Gasteiger charge is 2.45. The van der Waals surface area contributed by atoms with E-state index in [1.807, 2.05) is 62.4 Å². The van der Waals surface area contributed by atoms with Crippen LogP contribution in [0, 0.1) is 0 Å². The summed E-state index contributed by atoms with van der Waals surface area (Å²) < 4.78 is 39.2. The first-order chi connectivity index (χ1) is 14.3. The van der Waals surface area contributed by atoms with Gasteiger partial charge in [0.25, 0.3) is 0 Å². The zero-order valence-corrected chi connectivity index (χ0v) is 18.9. The van der Waals surface area contributed by atoms with Crippen molar-refractivity contribution >= 4 is 10.0 Å². The molecule has 164 valence electrons. The Bertz CT molecular complexity index is 949. The summed E-state index contributed by atoms with van der Waals surface area (Å²) in [5.41, 5.74) is 1.85. The maximum atomic E-state index is 13.1. The van der Waals surface area contributed by atoms with Gasteiger partial charge in [-0.25, -0.2) is 12.7 Å². The molecule has 0 spiro atoms. The summed E-state index contributed by atoms with van der Waals surface area (Å²) in [4.78, 5) is 5.61. The standard InChI is InChI=1S/C22H30N2O5S/c1-16(2)24(4)30(25,26)21-15-29-23(3)22(21)18-11-12-19(20(13-18)27-5)28-14-17-9-7-6-8-10-17/h6-13,16,21-22H,14-15H2,1-5H3. The topological polar surface area (TPSA) is 68.3 Å². The van der Waals surface area contributed by atoms with Gasteiger partial charge >= 0.3 is 0 Å². The molecule has 3 rings (SSSR count). The molecule has 0 N–H and O–H groups in total. The number of methoxy groups -OCH3 is 1. The van der Waals surface area contributed by atoms with E-state index in [-0.39, 0.29) is 12.6 Å². The molecule has 1 heterocycles. The van der Waals surface area contributed by atoms with Crippen LogP contribution in [0.2, 0.25) is 0 Å². The molecule has 1 aliphatic heterocycles. The third-order valence-electron chi connectivity index (χ3n) is 5.46. The summed E-state index contributed by atoms with van der Waals surface area (Å²) in [6, 6.07) is 14.8. The Balaban J connectivity index is 1.86. The Kier molecular flexibility index (Phi) is 7.02. The van der Waals surface area contributed by atoms with Gasteiger partial charge in [-0.15, -0.1) is 0 Å². The van der Waals surface area contributed by atoms with Crippen molar-refractivity contribution in [3.05, 3.63) is 59.7 Å². The lowest BCUT2D eigenvalue weighted by Gasteiger charge is -2.29. The van der Waals surface area contributed by atoms with Gasteiger partial charge in [0.05, 0.1) is 19.8 Å². The Labute approximate surface area is 179 Å². The Hall–Kier alpha value is -2.13. The molecule has 1 aliphatic rings. The van der Waals surface area contributed by atoms with Crippen molar-refractivity contribution in [2.75, 3.05) is 27.8 Å². The van der Waals surface area contributed by atoms with Crippen LogP contribution in [0.5, 0.6) is 11.5 Å². The molecule has 0 aliphatic carbocycles. The number of hydroxylamine groups is 2. The van der Waals surface area contributed by atoms with E-state index in [1.54, 1.807) is 26.3 Å². The van der Waals surface area contributed by atoms with Gasteiger partial charge in [-0.3, -0.25) is 4.84 Å². The molecular weight excluding hydrogens is 404 g/mol. The summed E-state index contributed by atoms with van der Waals surface area (Å²) >= 11 is 0. The smallest absolute Gasteiger partial charge is 0.221 e. The van der Waals surface area contributed by atoms with Crippen LogP contribution in [0.1, 0.15) is 31.0 Å². The van der Waals surface area contributed by atoms with Crippen molar-refractivity contribution in [1.29, 1.82) is 0 Å². The second kappa shape index (κ2) is 9.34. The number of sulfonamides is 1. The maximum absolute atomic E-state index is 13.1. The number of ether oxygens (including phenoxy) is 2. The van der Waals surface area contributed by atoms with Gasteiger partial charge in [0, 0.05) is 20.1 Å². The molecule has 2 unspecified atom stereocenters. The maximum Gasteiger partial charge on any atom is 0.221 e. The van der Waals surface area contributed by atoms with E-state index in [0.717, 1.165) is 11.1 Å². The molecule has 8 heteroatoms. The van der Waals surface area contributed by atoms with Crippen LogP contribution in [0.15, 0.2) is 48.5 Å². The Morgan fingerprint density at radius 3 is 2.50 bits per heavy atom. The van der Waals surface area contributed by atoms with E-state index in [1.165, 1.54) is 4.31 Å². The first-order valence-electron chi connectivity index (χ1n) is 9.93. The van der Waals surface area contributed by atoms with Gasteiger partial charge in [0.15, 0.2) is 11.5 Å². The molecule has 0 bridgehead atoms. The normalized spacial score (nSPS) is 20.1. The fraction of sp³-hybridized carbons (Fsp3) is 0.455. The molecule has 1 fully saturated rings. The van der Waals surface area contributed by atoms with Gasteiger partial charge < -0.3 is 9.47 Å². The van der Waals surface area contributed by atoms with E-state index in [9.17, 15) is 8.42 Å². The molecule has 1 saturated heterocycles. The van der Waals surface area contributed by atoms with E-state index >= 15 is 0 Å². The summed E-state index contributed by atoms with van der Waals surface area (Å²) in [7, 11) is 1.38. The second-order valence-electron chi connectivity index (χ2n) is 7.66. The van der Waals surface area contributed by atoms with Crippen LogP contribution in [-0.2, 0) is 21.5 Å². The van der Waals surface area contributed by atoms with Crippen molar-refractivity contribution in [1.82, 2.24) is 9.37 Å². The molecule has 7 nitrogen and oxygen atoms in total. The minimum absolute atomic E-state index is 0.106. The van der Waals surface area contributed by atoms with Crippen LogP contribution in [0.25, 0.3) is 0 Å². The Morgan fingerprint density at radius 1 is 1.17 bits per heavy atom. The minimum atomic E-state index is -3.55. The summed E-state index contributed by atoms with van der Waals surface area (Å²) in [6.07, 6.45) is 0. The molecule has 0 amide bonds. The van der Waals surface area contributed by atoms with Gasteiger partial charge in [0.1, 0.15) is 11.9 Å². The molecule has 0 aromatic heterocycles. The number of hydrogen-bond acceptors (Lipinski definition) is 6. The molecule has 30 heavy (non-hydrogen) atoms. The average Bonchev–Trinajstić information content (AvgIpc) is 3.14. The summed E-state index contributed by atoms with van der Waals surface area (Å²) in [5.74, 6) is 1.16. The Morgan fingerprint density at radius 2 is 1.87 bits per heavy atom. The molecule has 2 aromatic carbocycles. The zero-order valence-electron chi connectivity index (χ0n) is 18.1. The predicted octanol–water partition coefficient (Wildman–Crippen LogP) is 3.23. The monoisotopic (exact) mass is 434 g/mol. The highest BCUT2D eigenvalue weighted by molar-refractivity contribution is 7.89. The molecule has 0 saturated carbocycles. The number of hydrogen-bond donors (Lipinski definition) is 0. The van der Waals surface area contributed by atoms with Crippen molar-refractivity contribution < 1.29 is 22.7 Å². The highest BCUT2D eigenvalue weighted by Crippen LogP contribution is 2.39. The average molecular weight is 435 g/mol. The van der Waals surface area contributed by atoms with Gasteiger partial charge in [-0.2, -0.15) is 5.06 Å². The summed E-state index contributed by atoms with van der Waals surface area (Å²) in [5, 5.41) is 0.894. The molecule has 2 aromatic rings. The fourth-order valence-corrected chi connectivity index (χ4v) is 5.40. The van der Waals surface area contributed by atoms with Crippen molar-refractivity contribution in [2.24, 2.45) is 0 Å². The lowest BCUT2D eigenvalue weighted by atomic mass is 10.0. The third-order valence-corrected chi connectivity index (χ3v) is 7.85. The third kappa shape index (κ3) is 4.62. The van der Waals surface area contributed by atoms with Crippen molar-refractivity contribution in [2.45, 2.75) is 37.8 Å². The molecular formula is C22H30N2O5S. The summed E-state index contributed by atoms with van der Waals surface area (Å²) in [6.45, 7) is 4.23. The molecule has 0 radical (unpaired) electrons. The largest absolute Gasteiger partial charge is 0.493 e. The van der Waals surface area contributed by atoms with Gasteiger partial charge in [-0.05, 0) is 37.1 Å². The predicted molar refractivity (Wildman–Crippen MR) is 116 cm³/mol. The van der Waals surface area contributed by atoms with Crippen LogP contribution >= 0.6 is 0 Å². The van der Waals surface area contributed by atoms with E-state index in [2.05, 4.69) is 0 Å². The highest BCUT2D eigenvalue weighted by atomic mass is 32.2. The van der Waals surface area contributed by atoms with E-state index in [0.29, 0.717) is 18.1 Å². The lowest BCUT2D eigenvalue weighted by molar-refractivity contribution is -0.110. The van der Waals surface area contributed by atoms with Gasteiger partial charge in [-0.1, -0.05) is 36.4 Å². The SMILES string of the molecule is COc1cc(C2C(S(=O)(=O)N(C)C(C)C)CON2C)ccc1OCc1ccccc1. The quantitative estimate of drug-likeness (QED) is 0.635. The van der Waals surface area contributed by atoms with Crippen LogP contribution in [-0.4, -0.2) is 56.9 Å². The molecule has 2 atom stereocenters. The van der Waals surface area contributed by atoms with Crippen LogP contribution in [0.4, 0.5) is 0 Å².